The maximum absolute atomic E-state index is 9.93. The number of aliphatic hydroxyl groups excluding tert-OH is 1. The third kappa shape index (κ3) is 4.05. The lowest BCUT2D eigenvalue weighted by molar-refractivity contribution is 0.0252. The first-order valence-corrected chi connectivity index (χ1v) is 9.53. The molecule has 0 spiro atoms. The molecule has 2 unspecified atom stereocenters. The van der Waals surface area contributed by atoms with E-state index in [1.54, 1.807) is 0 Å². The second-order valence-electron chi connectivity index (χ2n) is 7.14. The molecule has 2 atom stereocenters. The molecule has 0 amide bonds. The van der Waals surface area contributed by atoms with Crippen molar-refractivity contribution in [1.29, 1.82) is 0 Å². The van der Waals surface area contributed by atoms with Crippen molar-refractivity contribution in [2.75, 3.05) is 13.1 Å². The lowest BCUT2D eigenvalue weighted by Crippen LogP contribution is -2.45. The van der Waals surface area contributed by atoms with E-state index < -0.39 is 6.10 Å². The normalized spacial score (nSPS) is 18.9. The predicted octanol–water partition coefficient (Wildman–Crippen LogP) is 4.71. The molecule has 4 rings (SSSR count). The maximum Gasteiger partial charge on any atom is 0.172 e. The number of hydrogen-bond acceptors (Lipinski definition) is 3. The van der Waals surface area contributed by atoms with Crippen LogP contribution in [-0.4, -0.2) is 35.4 Å². The van der Waals surface area contributed by atoms with Gasteiger partial charge in [0.1, 0.15) is 5.75 Å². The molecule has 3 aromatic rings. The largest absolute Gasteiger partial charge is 0.471 e. The molecule has 0 bridgehead atoms. The van der Waals surface area contributed by atoms with E-state index in [1.807, 2.05) is 37.3 Å². The Hall–Kier alpha value is -2.62. The molecule has 1 aliphatic heterocycles. The second-order valence-corrected chi connectivity index (χ2v) is 7.14. The van der Waals surface area contributed by atoms with Gasteiger partial charge in [-0.1, -0.05) is 66.7 Å². The number of fused-ring (bicyclic) bond motifs is 1. The topological polar surface area (TPSA) is 32.7 Å². The van der Waals surface area contributed by atoms with Gasteiger partial charge in [-0.3, -0.25) is 4.90 Å². The van der Waals surface area contributed by atoms with Gasteiger partial charge in [-0.05, 0) is 42.0 Å². The lowest BCUT2D eigenvalue weighted by Gasteiger charge is -2.35. The average Bonchev–Trinajstić information content (AvgIpc) is 2.70. The summed E-state index contributed by atoms with van der Waals surface area (Å²) in [5, 5.41) is 12.2. The van der Waals surface area contributed by atoms with Crippen LogP contribution in [0.15, 0.2) is 78.9 Å². The first kappa shape index (κ1) is 17.8. The van der Waals surface area contributed by atoms with E-state index in [2.05, 4.69) is 53.4 Å². The molecule has 138 valence electrons. The molecule has 0 aromatic heterocycles. The van der Waals surface area contributed by atoms with E-state index in [9.17, 15) is 5.11 Å². The average molecular weight is 359 g/mol. The zero-order chi connectivity index (χ0) is 18.6. The summed E-state index contributed by atoms with van der Waals surface area (Å²) >= 11 is 0. The first-order valence-electron chi connectivity index (χ1n) is 9.53. The molecule has 1 N–H and O–H groups in total. The summed E-state index contributed by atoms with van der Waals surface area (Å²) < 4.78 is 6.47. The molecular weight excluding hydrogens is 334 g/mol. The molecule has 0 saturated heterocycles. The van der Waals surface area contributed by atoms with Crippen LogP contribution in [0.2, 0.25) is 0 Å². The number of ether oxygens (including phenoxy) is 1. The lowest BCUT2D eigenvalue weighted by atomic mass is 9.98. The summed E-state index contributed by atoms with van der Waals surface area (Å²) in [6.07, 6.45) is 2.56. The Labute approximate surface area is 160 Å². The van der Waals surface area contributed by atoms with E-state index in [-0.39, 0.29) is 6.23 Å². The SMILES string of the molecule is CC(O)CN1CCC(c2ccccc2)=CC1Oc1cccc2ccccc12. The number of rotatable bonds is 5. The monoisotopic (exact) mass is 359 g/mol. The van der Waals surface area contributed by atoms with Crippen LogP contribution in [0.25, 0.3) is 16.3 Å². The van der Waals surface area contributed by atoms with Crippen LogP contribution in [-0.2, 0) is 0 Å². The Morgan fingerprint density at radius 1 is 1.00 bits per heavy atom. The van der Waals surface area contributed by atoms with Gasteiger partial charge in [0.05, 0.1) is 6.10 Å². The van der Waals surface area contributed by atoms with E-state index in [0.717, 1.165) is 24.1 Å². The summed E-state index contributed by atoms with van der Waals surface area (Å²) in [7, 11) is 0. The molecule has 1 aliphatic rings. The van der Waals surface area contributed by atoms with Crippen molar-refractivity contribution in [3.05, 3.63) is 84.4 Å². The van der Waals surface area contributed by atoms with Gasteiger partial charge in [-0.2, -0.15) is 0 Å². The first-order chi connectivity index (χ1) is 13.2. The van der Waals surface area contributed by atoms with Crippen LogP contribution < -0.4 is 4.74 Å². The van der Waals surface area contributed by atoms with E-state index >= 15 is 0 Å². The van der Waals surface area contributed by atoms with Crippen LogP contribution in [0.4, 0.5) is 0 Å². The summed E-state index contributed by atoms with van der Waals surface area (Å²) in [5.74, 6) is 0.874. The minimum absolute atomic E-state index is 0.200. The Kier molecular flexibility index (Phi) is 5.23. The van der Waals surface area contributed by atoms with Crippen molar-refractivity contribution in [3.8, 4) is 5.75 Å². The zero-order valence-electron chi connectivity index (χ0n) is 15.6. The van der Waals surface area contributed by atoms with Gasteiger partial charge in [-0.15, -0.1) is 0 Å². The zero-order valence-corrected chi connectivity index (χ0v) is 15.6. The fourth-order valence-corrected chi connectivity index (χ4v) is 3.72. The molecule has 0 fully saturated rings. The smallest absolute Gasteiger partial charge is 0.172 e. The molecule has 3 heteroatoms. The van der Waals surface area contributed by atoms with Crippen molar-refractivity contribution in [1.82, 2.24) is 4.90 Å². The number of hydrogen-bond donors (Lipinski definition) is 1. The summed E-state index contributed by atoms with van der Waals surface area (Å²) in [5.41, 5.74) is 2.53. The van der Waals surface area contributed by atoms with Crippen LogP contribution in [0.3, 0.4) is 0 Å². The fraction of sp³-hybridized carbons (Fsp3) is 0.250. The summed E-state index contributed by atoms with van der Waals surface area (Å²) in [4.78, 5) is 2.21. The Bertz CT molecular complexity index is 928. The Morgan fingerprint density at radius 3 is 2.56 bits per heavy atom. The predicted molar refractivity (Wildman–Crippen MR) is 111 cm³/mol. The highest BCUT2D eigenvalue weighted by Gasteiger charge is 2.25. The minimum atomic E-state index is -0.393. The molecule has 0 aliphatic carbocycles. The summed E-state index contributed by atoms with van der Waals surface area (Å²) in [6.45, 7) is 3.28. The van der Waals surface area contributed by atoms with Crippen LogP contribution in [0.1, 0.15) is 18.9 Å². The van der Waals surface area contributed by atoms with Gasteiger partial charge in [0.2, 0.25) is 0 Å². The van der Waals surface area contributed by atoms with Crippen molar-refractivity contribution < 1.29 is 9.84 Å². The highest BCUT2D eigenvalue weighted by molar-refractivity contribution is 5.88. The van der Waals surface area contributed by atoms with Crippen molar-refractivity contribution in [3.63, 3.8) is 0 Å². The third-order valence-corrected chi connectivity index (χ3v) is 5.01. The molecule has 0 saturated carbocycles. The van der Waals surface area contributed by atoms with Crippen LogP contribution in [0.5, 0.6) is 5.75 Å². The highest BCUT2D eigenvalue weighted by Crippen LogP contribution is 2.30. The maximum atomic E-state index is 9.93. The van der Waals surface area contributed by atoms with E-state index in [0.29, 0.717) is 6.54 Å². The Balaban J connectivity index is 1.68. The molecular formula is C24H25NO2. The van der Waals surface area contributed by atoms with Gasteiger partial charge >= 0.3 is 0 Å². The van der Waals surface area contributed by atoms with Crippen molar-refractivity contribution in [2.24, 2.45) is 0 Å². The Morgan fingerprint density at radius 2 is 1.74 bits per heavy atom. The minimum Gasteiger partial charge on any atom is -0.471 e. The van der Waals surface area contributed by atoms with Gasteiger partial charge in [0.15, 0.2) is 6.23 Å². The second kappa shape index (κ2) is 7.95. The molecule has 1 heterocycles. The number of nitrogens with zero attached hydrogens (tertiary/aromatic N) is 1. The van der Waals surface area contributed by atoms with Gasteiger partial charge in [-0.25, -0.2) is 0 Å². The number of β-amino-alcohol motifs (C(OH)–C–C–N with tert-alkyl or cyclic N) is 1. The van der Waals surface area contributed by atoms with Crippen molar-refractivity contribution in [2.45, 2.75) is 25.7 Å². The molecule has 3 aromatic carbocycles. The van der Waals surface area contributed by atoms with Gasteiger partial charge in [0.25, 0.3) is 0 Å². The van der Waals surface area contributed by atoms with E-state index in [4.69, 9.17) is 4.74 Å². The quantitative estimate of drug-likeness (QED) is 0.716. The van der Waals surface area contributed by atoms with E-state index in [1.165, 1.54) is 16.5 Å². The summed E-state index contributed by atoms with van der Waals surface area (Å²) in [6, 6.07) is 24.9. The standard InChI is InChI=1S/C24H25NO2/c1-18(26)17-25-15-14-21(19-8-3-2-4-9-19)16-24(25)27-23-13-7-11-20-10-5-6-12-22(20)23/h2-13,16,18,24,26H,14-15,17H2,1H3. The molecule has 27 heavy (non-hydrogen) atoms. The molecule has 3 nitrogen and oxygen atoms in total. The number of benzene rings is 3. The third-order valence-electron chi connectivity index (χ3n) is 5.01. The van der Waals surface area contributed by atoms with Crippen molar-refractivity contribution >= 4 is 16.3 Å². The fourth-order valence-electron chi connectivity index (χ4n) is 3.72. The molecule has 0 radical (unpaired) electrons. The highest BCUT2D eigenvalue weighted by atomic mass is 16.5. The van der Waals surface area contributed by atoms with Crippen LogP contribution in [0, 0.1) is 0 Å². The number of aliphatic hydroxyl groups is 1. The van der Waals surface area contributed by atoms with Crippen LogP contribution >= 0.6 is 0 Å². The van der Waals surface area contributed by atoms with Gasteiger partial charge < -0.3 is 9.84 Å². The van der Waals surface area contributed by atoms with Gasteiger partial charge in [0, 0.05) is 18.5 Å².